The lowest BCUT2D eigenvalue weighted by Gasteiger charge is -2.22. The lowest BCUT2D eigenvalue weighted by Crippen LogP contribution is -2.16. The molecule has 0 bridgehead atoms. The van der Waals surface area contributed by atoms with Crippen molar-refractivity contribution in [1.82, 2.24) is 5.16 Å². The molecule has 0 aliphatic carbocycles. The third-order valence-electron chi connectivity index (χ3n) is 2.76. The van der Waals surface area contributed by atoms with Crippen LogP contribution in [0.4, 0.5) is 5.88 Å². The maximum absolute atomic E-state index is 5.75. The van der Waals surface area contributed by atoms with Gasteiger partial charge in [0.15, 0.2) is 11.5 Å². The van der Waals surface area contributed by atoms with Crippen LogP contribution in [0.2, 0.25) is 0 Å². The van der Waals surface area contributed by atoms with Crippen molar-refractivity contribution in [3.05, 3.63) is 18.3 Å². The molecule has 6 heteroatoms. The van der Waals surface area contributed by atoms with Gasteiger partial charge >= 0.3 is 0 Å². The minimum absolute atomic E-state index is 0.218. The van der Waals surface area contributed by atoms with Crippen LogP contribution in [-0.2, 0) is 0 Å². The number of benzene rings is 1. The number of nitrogen functional groups attached to an aromatic ring is 1. The largest absolute Gasteiger partial charge is 0.496 e. The van der Waals surface area contributed by atoms with Crippen LogP contribution >= 0.6 is 0 Å². The second-order valence-corrected chi connectivity index (χ2v) is 3.77. The van der Waals surface area contributed by atoms with Gasteiger partial charge in [-0.2, -0.15) is 0 Å². The van der Waals surface area contributed by atoms with E-state index in [-0.39, 0.29) is 5.88 Å². The molecule has 2 aromatic rings. The van der Waals surface area contributed by atoms with Gasteiger partial charge in [0.1, 0.15) is 19.0 Å². The zero-order valence-corrected chi connectivity index (χ0v) is 9.80. The molecule has 94 valence electrons. The molecule has 0 atom stereocenters. The van der Waals surface area contributed by atoms with Crippen LogP contribution in [0.15, 0.2) is 22.9 Å². The van der Waals surface area contributed by atoms with E-state index in [1.165, 1.54) is 6.20 Å². The van der Waals surface area contributed by atoms with Crippen LogP contribution < -0.4 is 19.9 Å². The Morgan fingerprint density at radius 2 is 2.11 bits per heavy atom. The first-order valence-corrected chi connectivity index (χ1v) is 5.48. The summed E-state index contributed by atoms with van der Waals surface area (Å²) in [7, 11) is 1.58. The van der Waals surface area contributed by atoms with Gasteiger partial charge in [-0.05, 0) is 12.1 Å². The van der Waals surface area contributed by atoms with Crippen molar-refractivity contribution in [3.63, 3.8) is 0 Å². The average molecular weight is 248 g/mol. The molecule has 0 saturated carbocycles. The van der Waals surface area contributed by atoms with E-state index >= 15 is 0 Å². The number of aromatic nitrogens is 1. The zero-order chi connectivity index (χ0) is 12.5. The summed E-state index contributed by atoms with van der Waals surface area (Å²) in [5.74, 6) is 2.12. The number of hydrogen-bond donors (Lipinski definition) is 1. The Hall–Kier alpha value is -2.37. The predicted octanol–water partition coefficient (Wildman–Crippen LogP) is 1.70. The van der Waals surface area contributed by atoms with Crippen molar-refractivity contribution in [3.8, 4) is 28.4 Å². The summed E-state index contributed by atoms with van der Waals surface area (Å²) in [6.45, 7) is 1.01. The van der Waals surface area contributed by atoms with E-state index in [4.69, 9.17) is 24.5 Å². The molecular weight excluding hydrogens is 236 g/mol. The van der Waals surface area contributed by atoms with Crippen LogP contribution in [0.5, 0.6) is 17.2 Å². The Bertz CT molecular complexity index is 579. The first-order chi connectivity index (χ1) is 8.81. The summed E-state index contributed by atoms with van der Waals surface area (Å²) in [5.41, 5.74) is 7.08. The smallest absolute Gasteiger partial charge is 0.230 e. The molecule has 1 aliphatic rings. The van der Waals surface area contributed by atoms with E-state index in [1.54, 1.807) is 19.2 Å². The SMILES string of the molecule is COc1ccc2c(c1-c1cnoc1N)OCCO2. The van der Waals surface area contributed by atoms with E-state index < -0.39 is 0 Å². The summed E-state index contributed by atoms with van der Waals surface area (Å²) in [5, 5.41) is 3.67. The highest BCUT2D eigenvalue weighted by molar-refractivity contribution is 5.84. The van der Waals surface area contributed by atoms with Crippen molar-refractivity contribution < 1.29 is 18.7 Å². The van der Waals surface area contributed by atoms with Crippen LogP contribution in [0.3, 0.4) is 0 Å². The number of rotatable bonds is 2. The van der Waals surface area contributed by atoms with Gasteiger partial charge in [0.05, 0.1) is 24.4 Å². The third kappa shape index (κ3) is 1.54. The number of nitrogens with two attached hydrogens (primary N) is 1. The molecule has 3 rings (SSSR count). The van der Waals surface area contributed by atoms with Crippen molar-refractivity contribution >= 4 is 5.88 Å². The fourth-order valence-corrected chi connectivity index (χ4v) is 1.96. The fraction of sp³-hybridized carbons (Fsp3) is 0.250. The minimum Gasteiger partial charge on any atom is -0.496 e. The highest BCUT2D eigenvalue weighted by Gasteiger charge is 2.24. The number of methoxy groups -OCH3 is 1. The van der Waals surface area contributed by atoms with Gasteiger partial charge < -0.3 is 24.5 Å². The van der Waals surface area contributed by atoms with E-state index in [9.17, 15) is 0 Å². The molecule has 18 heavy (non-hydrogen) atoms. The number of ether oxygens (including phenoxy) is 3. The molecule has 2 heterocycles. The summed E-state index contributed by atoms with van der Waals surface area (Å²) < 4.78 is 21.4. The highest BCUT2D eigenvalue weighted by Crippen LogP contribution is 2.47. The van der Waals surface area contributed by atoms with Crippen molar-refractivity contribution in [2.75, 3.05) is 26.1 Å². The number of hydrogen-bond acceptors (Lipinski definition) is 6. The molecule has 2 N–H and O–H groups in total. The summed E-state index contributed by atoms with van der Waals surface area (Å²) in [4.78, 5) is 0. The number of fused-ring (bicyclic) bond motifs is 1. The highest BCUT2D eigenvalue weighted by atomic mass is 16.6. The topological polar surface area (TPSA) is 79.7 Å². The second-order valence-electron chi connectivity index (χ2n) is 3.77. The molecule has 0 spiro atoms. The van der Waals surface area contributed by atoms with Gasteiger partial charge in [0.2, 0.25) is 5.88 Å². The molecule has 0 radical (unpaired) electrons. The number of anilines is 1. The Morgan fingerprint density at radius 3 is 2.83 bits per heavy atom. The Labute approximate surface area is 103 Å². The van der Waals surface area contributed by atoms with Gasteiger partial charge in [-0.25, -0.2) is 0 Å². The van der Waals surface area contributed by atoms with Crippen LogP contribution in [-0.4, -0.2) is 25.5 Å². The Balaban J connectivity index is 2.25. The van der Waals surface area contributed by atoms with E-state index in [1.807, 2.05) is 0 Å². The lowest BCUT2D eigenvalue weighted by molar-refractivity contribution is 0.171. The number of nitrogens with zero attached hydrogens (tertiary/aromatic N) is 1. The molecule has 0 unspecified atom stereocenters. The fourth-order valence-electron chi connectivity index (χ4n) is 1.96. The average Bonchev–Trinajstić information content (AvgIpc) is 2.83. The molecule has 0 fully saturated rings. The van der Waals surface area contributed by atoms with E-state index in [0.29, 0.717) is 41.6 Å². The lowest BCUT2D eigenvalue weighted by atomic mass is 10.1. The first kappa shape index (κ1) is 10.8. The van der Waals surface area contributed by atoms with E-state index in [2.05, 4.69) is 5.16 Å². The van der Waals surface area contributed by atoms with Crippen LogP contribution in [0.25, 0.3) is 11.1 Å². The van der Waals surface area contributed by atoms with Gasteiger partial charge in [-0.1, -0.05) is 5.16 Å². The molecule has 1 aromatic heterocycles. The van der Waals surface area contributed by atoms with Gasteiger partial charge in [-0.3, -0.25) is 0 Å². The Kier molecular flexibility index (Phi) is 2.47. The van der Waals surface area contributed by atoms with Crippen molar-refractivity contribution in [2.24, 2.45) is 0 Å². The molecular formula is C12H12N2O4. The second kappa shape index (κ2) is 4.14. The standard InChI is InChI=1S/C12H12N2O4/c1-15-8-2-3-9-11(17-5-4-16-9)10(8)7-6-14-18-12(7)13/h2-3,6H,4-5,13H2,1H3. The zero-order valence-electron chi connectivity index (χ0n) is 9.80. The van der Waals surface area contributed by atoms with Crippen LogP contribution in [0, 0.1) is 0 Å². The predicted molar refractivity (Wildman–Crippen MR) is 63.9 cm³/mol. The van der Waals surface area contributed by atoms with Gasteiger partial charge in [0.25, 0.3) is 0 Å². The first-order valence-electron chi connectivity index (χ1n) is 5.48. The minimum atomic E-state index is 0.218. The monoisotopic (exact) mass is 248 g/mol. The summed E-state index contributed by atoms with van der Waals surface area (Å²) in [6.07, 6.45) is 1.53. The van der Waals surface area contributed by atoms with E-state index in [0.717, 1.165) is 0 Å². The van der Waals surface area contributed by atoms with Crippen molar-refractivity contribution in [2.45, 2.75) is 0 Å². The molecule has 1 aromatic carbocycles. The molecule has 1 aliphatic heterocycles. The van der Waals surface area contributed by atoms with Crippen molar-refractivity contribution in [1.29, 1.82) is 0 Å². The third-order valence-corrected chi connectivity index (χ3v) is 2.76. The summed E-state index contributed by atoms with van der Waals surface area (Å²) in [6, 6.07) is 3.61. The normalized spacial score (nSPS) is 13.4. The molecule has 6 nitrogen and oxygen atoms in total. The molecule has 0 saturated heterocycles. The van der Waals surface area contributed by atoms with Gasteiger partial charge in [0, 0.05) is 0 Å². The summed E-state index contributed by atoms with van der Waals surface area (Å²) >= 11 is 0. The molecule has 0 amide bonds. The Morgan fingerprint density at radius 1 is 1.28 bits per heavy atom. The van der Waals surface area contributed by atoms with Gasteiger partial charge in [-0.15, -0.1) is 0 Å². The maximum Gasteiger partial charge on any atom is 0.230 e. The van der Waals surface area contributed by atoms with Crippen LogP contribution in [0.1, 0.15) is 0 Å². The maximum atomic E-state index is 5.75. The quantitative estimate of drug-likeness (QED) is 0.871.